The molecule has 2 rings (SSSR count). The second-order valence-electron chi connectivity index (χ2n) is 5.82. The fraction of sp³-hybridized carbons (Fsp3) is 0.733. The fourth-order valence-corrected chi connectivity index (χ4v) is 3.18. The highest BCUT2D eigenvalue weighted by Crippen LogP contribution is 2.30. The molecule has 0 aromatic carbocycles. The molecule has 1 saturated heterocycles. The molecule has 1 fully saturated rings. The van der Waals surface area contributed by atoms with Gasteiger partial charge in [-0.3, -0.25) is 9.48 Å². The minimum atomic E-state index is -0.267. The van der Waals surface area contributed by atoms with Gasteiger partial charge in [-0.2, -0.15) is 5.10 Å². The number of ketones is 1. The Bertz CT molecular complexity index is 490. The maximum atomic E-state index is 12.7. The van der Waals surface area contributed by atoms with Gasteiger partial charge in [0.1, 0.15) is 5.78 Å². The minimum Gasteiger partial charge on any atom is -0.316 e. The lowest BCUT2D eigenvalue weighted by Crippen LogP contribution is -2.44. The van der Waals surface area contributed by atoms with E-state index in [1.54, 1.807) is 0 Å². The number of halogens is 1. The Morgan fingerprint density at radius 2 is 2.25 bits per heavy atom. The maximum absolute atomic E-state index is 12.7. The number of nitrogens with zero attached hydrogens (tertiary/aromatic N) is 2. The van der Waals surface area contributed by atoms with Crippen LogP contribution in [0.25, 0.3) is 0 Å². The number of carbonyl (C=O) groups excluding carboxylic acids is 1. The van der Waals surface area contributed by atoms with Crippen LogP contribution in [0.15, 0.2) is 0 Å². The van der Waals surface area contributed by atoms with Gasteiger partial charge in [0.2, 0.25) is 0 Å². The van der Waals surface area contributed by atoms with E-state index in [4.69, 9.17) is 11.6 Å². The first-order chi connectivity index (χ1) is 9.51. The van der Waals surface area contributed by atoms with E-state index in [0.717, 1.165) is 50.3 Å². The Kier molecular flexibility index (Phi) is 4.86. The van der Waals surface area contributed by atoms with Crippen molar-refractivity contribution in [1.82, 2.24) is 15.1 Å². The van der Waals surface area contributed by atoms with Crippen molar-refractivity contribution >= 4 is 17.4 Å². The molecule has 2 heterocycles. The van der Waals surface area contributed by atoms with Crippen LogP contribution in [-0.4, -0.2) is 28.7 Å². The summed E-state index contributed by atoms with van der Waals surface area (Å²) in [7, 11) is 0. The number of hydrogen-bond acceptors (Lipinski definition) is 3. The average molecular weight is 298 g/mol. The number of aromatic nitrogens is 2. The SMILES string of the molecule is CCc1nn(CC)c(CC(=O)C2(C)CCCNC2)c1Cl. The Labute approximate surface area is 125 Å². The quantitative estimate of drug-likeness (QED) is 0.909. The predicted octanol–water partition coefficient (Wildman–Crippen LogP) is 2.62. The zero-order valence-corrected chi connectivity index (χ0v) is 13.4. The summed E-state index contributed by atoms with van der Waals surface area (Å²) < 4.78 is 1.87. The van der Waals surface area contributed by atoms with Gasteiger partial charge < -0.3 is 5.32 Å². The molecule has 0 aliphatic carbocycles. The van der Waals surface area contributed by atoms with Crippen LogP contribution in [0.1, 0.15) is 45.0 Å². The molecule has 1 aliphatic rings. The van der Waals surface area contributed by atoms with E-state index in [1.165, 1.54) is 0 Å². The Morgan fingerprint density at radius 3 is 2.80 bits per heavy atom. The number of Topliss-reactive ketones (excluding diaryl/α,β-unsaturated/α-hetero) is 1. The molecule has 1 aromatic heterocycles. The summed E-state index contributed by atoms with van der Waals surface area (Å²) in [6.45, 7) is 8.65. The van der Waals surface area contributed by atoms with Gasteiger partial charge in [-0.05, 0) is 32.7 Å². The van der Waals surface area contributed by atoms with E-state index >= 15 is 0 Å². The molecule has 5 heteroatoms. The molecule has 1 aromatic rings. The topological polar surface area (TPSA) is 46.9 Å². The monoisotopic (exact) mass is 297 g/mol. The van der Waals surface area contributed by atoms with Crippen molar-refractivity contribution in [3.63, 3.8) is 0 Å². The van der Waals surface area contributed by atoms with Crippen LogP contribution in [0.5, 0.6) is 0 Å². The number of rotatable bonds is 5. The number of nitrogens with one attached hydrogen (secondary N) is 1. The first-order valence-corrected chi connectivity index (χ1v) is 7.87. The normalized spacial score (nSPS) is 23.0. The summed E-state index contributed by atoms with van der Waals surface area (Å²) >= 11 is 6.39. The summed E-state index contributed by atoms with van der Waals surface area (Å²) in [5.41, 5.74) is 1.50. The third kappa shape index (κ3) is 2.91. The molecule has 20 heavy (non-hydrogen) atoms. The van der Waals surface area contributed by atoms with Gasteiger partial charge in [-0.1, -0.05) is 25.4 Å². The summed E-state index contributed by atoms with van der Waals surface area (Å²) in [5.74, 6) is 0.267. The van der Waals surface area contributed by atoms with Crippen molar-refractivity contribution in [2.75, 3.05) is 13.1 Å². The van der Waals surface area contributed by atoms with Crippen LogP contribution in [0.3, 0.4) is 0 Å². The van der Waals surface area contributed by atoms with Gasteiger partial charge in [0.25, 0.3) is 0 Å². The van der Waals surface area contributed by atoms with Gasteiger partial charge in [-0.25, -0.2) is 0 Å². The molecule has 1 N–H and O–H groups in total. The molecule has 112 valence electrons. The molecule has 0 spiro atoms. The Balaban J connectivity index is 2.20. The smallest absolute Gasteiger partial charge is 0.146 e. The van der Waals surface area contributed by atoms with Gasteiger partial charge >= 0.3 is 0 Å². The highest BCUT2D eigenvalue weighted by Gasteiger charge is 2.35. The van der Waals surface area contributed by atoms with Crippen LogP contribution in [0, 0.1) is 5.41 Å². The molecule has 0 amide bonds. The molecular formula is C15H24ClN3O. The van der Waals surface area contributed by atoms with Gasteiger partial charge in [0, 0.05) is 18.5 Å². The summed E-state index contributed by atoms with van der Waals surface area (Å²) in [5, 5.41) is 8.49. The van der Waals surface area contributed by atoms with E-state index in [0.29, 0.717) is 11.4 Å². The zero-order chi connectivity index (χ0) is 14.8. The van der Waals surface area contributed by atoms with Crippen LogP contribution in [0.4, 0.5) is 0 Å². The molecule has 1 aliphatic heterocycles. The largest absolute Gasteiger partial charge is 0.316 e. The van der Waals surface area contributed by atoms with Crippen molar-refractivity contribution in [2.45, 2.75) is 53.0 Å². The van der Waals surface area contributed by atoms with Crippen LogP contribution in [-0.2, 0) is 24.2 Å². The number of aryl methyl sites for hydroxylation is 2. The van der Waals surface area contributed by atoms with Crippen molar-refractivity contribution in [1.29, 1.82) is 0 Å². The van der Waals surface area contributed by atoms with Crippen LogP contribution in [0.2, 0.25) is 5.02 Å². The molecular weight excluding hydrogens is 274 g/mol. The van der Waals surface area contributed by atoms with E-state index in [9.17, 15) is 4.79 Å². The third-order valence-corrected chi connectivity index (χ3v) is 4.73. The summed E-state index contributed by atoms with van der Waals surface area (Å²) in [6, 6.07) is 0. The van der Waals surface area contributed by atoms with E-state index < -0.39 is 0 Å². The third-order valence-electron chi connectivity index (χ3n) is 4.29. The number of piperidine rings is 1. The van der Waals surface area contributed by atoms with Crippen molar-refractivity contribution in [2.24, 2.45) is 5.41 Å². The van der Waals surface area contributed by atoms with Crippen molar-refractivity contribution in [3.05, 3.63) is 16.4 Å². The van der Waals surface area contributed by atoms with E-state index in [2.05, 4.69) is 17.3 Å². The number of hydrogen-bond donors (Lipinski definition) is 1. The lowest BCUT2D eigenvalue weighted by atomic mass is 9.77. The molecule has 0 radical (unpaired) electrons. The molecule has 4 nitrogen and oxygen atoms in total. The fourth-order valence-electron chi connectivity index (χ4n) is 2.85. The second kappa shape index (κ2) is 6.27. The van der Waals surface area contributed by atoms with Crippen LogP contribution >= 0.6 is 11.6 Å². The van der Waals surface area contributed by atoms with E-state index in [1.807, 2.05) is 18.5 Å². The maximum Gasteiger partial charge on any atom is 0.146 e. The second-order valence-corrected chi connectivity index (χ2v) is 6.20. The standard InChI is InChI=1S/C15H24ClN3O/c1-4-11-14(16)12(19(5-2)18-11)9-13(20)15(3)7-6-8-17-10-15/h17H,4-10H2,1-3H3. The van der Waals surface area contributed by atoms with Crippen molar-refractivity contribution < 1.29 is 4.79 Å². The lowest BCUT2D eigenvalue weighted by Gasteiger charge is -2.32. The van der Waals surface area contributed by atoms with Gasteiger partial charge in [0.15, 0.2) is 0 Å². The molecule has 0 saturated carbocycles. The van der Waals surface area contributed by atoms with Crippen LogP contribution < -0.4 is 5.32 Å². The average Bonchev–Trinajstić information content (AvgIpc) is 2.76. The Morgan fingerprint density at radius 1 is 1.50 bits per heavy atom. The zero-order valence-electron chi connectivity index (χ0n) is 12.6. The van der Waals surface area contributed by atoms with Gasteiger partial charge in [0.05, 0.1) is 22.8 Å². The predicted molar refractivity (Wildman–Crippen MR) is 81.2 cm³/mol. The Hall–Kier alpha value is -0.870. The molecule has 1 atom stereocenters. The first-order valence-electron chi connectivity index (χ1n) is 7.50. The van der Waals surface area contributed by atoms with E-state index in [-0.39, 0.29) is 11.2 Å². The number of carbonyl (C=O) groups is 1. The summed E-state index contributed by atoms with van der Waals surface area (Å²) in [6.07, 6.45) is 3.20. The van der Waals surface area contributed by atoms with Crippen molar-refractivity contribution in [3.8, 4) is 0 Å². The lowest BCUT2D eigenvalue weighted by molar-refractivity contribution is -0.128. The van der Waals surface area contributed by atoms with Gasteiger partial charge in [-0.15, -0.1) is 0 Å². The highest BCUT2D eigenvalue weighted by atomic mass is 35.5. The highest BCUT2D eigenvalue weighted by molar-refractivity contribution is 6.32. The molecule has 1 unspecified atom stereocenters. The first kappa shape index (κ1) is 15.5. The molecule has 0 bridgehead atoms. The summed E-state index contributed by atoms with van der Waals surface area (Å²) in [4.78, 5) is 12.7. The minimum absolute atomic E-state index is 0.267.